The molecule has 2 fully saturated rings. The standard InChI is InChI=1S/C8H14O2/c1-2-7-4-5-9-8(3-1)6-10-7/h7-8H,1-6H2. The minimum Gasteiger partial charge on any atom is -0.376 e. The van der Waals surface area contributed by atoms with Gasteiger partial charge in [-0.1, -0.05) is 0 Å². The molecule has 0 amide bonds. The number of ether oxygens (including phenoxy) is 2. The Kier molecular flexibility index (Phi) is 1.91. The highest BCUT2D eigenvalue weighted by Gasteiger charge is 2.23. The molecule has 0 radical (unpaired) electrons. The van der Waals surface area contributed by atoms with E-state index in [4.69, 9.17) is 9.47 Å². The fraction of sp³-hybridized carbons (Fsp3) is 1.00. The van der Waals surface area contributed by atoms with E-state index in [-0.39, 0.29) is 0 Å². The van der Waals surface area contributed by atoms with Crippen LogP contribution in [0.2, 0.25) is 0 Å². The van der Waals surface area contributed by atoms with Crippen LogP contribution in [0.5, 0.6) is 0 Å². The molecule has 2 heteroatoms. The molecule has 2 atom stereocenters. The van der Waals surface area contributed by atoms with Crippen LogP contribution in [0.15, 0.2) is 0 Å². The van der Waals surface area contributed by atoms with Crippen molar-refractivity contribution >= 4 is 0 Å². The number of rotatable bonds is 0. The van der Waals surface area contributed by atoms with Gasteiger partial charge in [0.1, 0.15) is 0 Å². The molecule has 2 aliphatic rings. The monoisotopic (exact) mass is 142 g/mol. The van der Waals surface area contributed by atoms with Crippen LogP contribution < -0.4 is 0 Å². The molecule has 2 rings (SSSR count). The van der Waals surface area contributed by atoms with Crippen molar-refractivity contribution < 1.29 is 9.47 Å². The molecule has 0 aromatic carbocycles. The largest absolute Gasteiger partial charge is 0.376 e. The van der Waals surface area contributed by atoms with Crippen LogP contribution in [-0.2, 0) is 9.47 Å². The van der Waals surface area contributed by atoms with Crippen LogP contribution in [0.25, 0.3) is 0 Å². The van der Waals surface area contributed by atoms with Crippen molar-refractivity contribution in [2.75, 3.05) is 13.2 Å². The first-order valence-corrected chi connectivity index (χ1v) is 4.18. The van der Waals surface area contributed by atoms with E-state index in [0.717, 1.165) is 19.6 Å². The van der Waals surface area contributed by atoms with E-state index in [9.17, 15) is 0 Å². The second kappa shape index (κ2) is 2.89. The molecule has 2 saturated heterocycles. The van der Waals surface area contributed by atoms with Gasteiger partial charge in [0.15, 0.2) is 0 Å². The zero-order chi connectivity index (χ0) is 6.81. The Morgan fingerprint density at radius 3 is 2.80 bits per heavy atom. The van der Waals surface area contributed by atoms with Gasteiger partial charge in [0.05, 0.1) is 18.8 Å². The molecule has 2 nitrogen and oxygen atoms in total. The Morgan fingerprint density at radius 2 is 1.80 bits per heavy atom. The van der Waals surface area contributed by atoms with Crippen LogP contribution in [0.1, 0.15) is 25.7 Å². The molecule has 58 valence electrons. The second-order valence-electron chi connectivity index (χ2n) is 3.17. The Labute approximate surface area is 61.5 Å². The molecule has 2 heterocycles. The van der Waals surface area contributed by atoms with Crippen LogP contribution in [-0.4, -0.2) is 25.4 Å². The summed E-state index contributed by atoms with van der Waals surface area (Å²) < 4.78 is 11.2. The van der Waals surface area contributed by atoms with E-state index >= 15 is 0 Å². The molecular weight excluding hydrogens is 128 g/mol. The Bertz CT molecular complexity index is 91.8. The predicted molar refractivity (Wildman–Crippen MR) is 37.9 cm³/mol. The van der Waals surface area contributed by atoms with Gasteiger partial charge in [-0.15, -0.1) is 0 Å². The molecule has 2 unspecified atom stereocenters. The lowest BCUT2D eigenvalue weighted by molar-refractivity contribution is 0.0192. The molecule has 10 heavy (non-hydrogen) atoms. The molecular formula is C8H14O2. The Hall–Kier alpha value is -0.0800. The third-order valence-corrected chi connectivity index (χ3v) is 2.36. The van der Waals surface area contributed by atoms with E-state index in [1.54, 1.807) is 0 Å². The molecule has 0 aromatic rings. The van der Waals surface area contributed by atoms with E-state index in [0.29, 0.717) is 12.2 Å². The highest BCUT2D eigenvalue weighted by atomic mass is 16.5. The second-order valence-corrected chi connectivity index (χ2v) is 3.17. The fourth-order valence-corrected chi connectivity index (χ4v) is 1.71. The Morgan fingerprint density at radius 1 is 0.900 bits per heavy atom. The number of hydrogen-bond acceptors (Lipinski definition) is 2. The summed E-state index contributed by atoms with van der Waals surface area (Å²) in [5.74, 6) is 0. The highest BCUT2D eigenvalue weighted by molar-refractivity contribution is 4.71. The Balaban J connectivity index is 2.01. The topological polar surface area (TPSA) is 18.5 Å². The maximum absolute atomic E-state index is 5.60. The normalized spacial score (nSPS) is 40.8. The molecule has 0 aliphatic carbocycles. The fourth-order valence-electron chi connectivity index (χ4n) is 1.71. The van der Waals surface area contributed by atoms with Crippen LogP contribution in [0.3, 0.4) is 0 Å². The third kappa shape index (κ3) is 1.32. The number of fused-ring (bicyclic) bond motifs is 3. The van der Waals surface area contributed by atoms with Crippen molar-refractivity contribution in [3.8, 4) is 0 Å². The van der Waals surface area contributed by atoms with Crippen LogP contribution in [0.4, 0.5) is 0 Å². The molecule has 2 aliphatic heterocycles. The average Bonchev–Trinajstić information content (AvgIpc) is 2.17. The molecule has 0 spiro atoms. The summed E-state index contributed by atoms with van der Waals surface area (Å²) in [7, 11) is 0. The first-order valence-electron chi connectivity index (χ1n) is 4.18. The summed E-state index contributed by atoms with van der Waals surface area (Å²) in [6.07, 6.45) is 5.77. The zero-order valence-electron chi connectivity index (χ0n) is 6.21. The smallest absolute Gasteiger partial charge is 0.0808 e. The highest BCUT2D eigenvalue weighted by Crippen LogP contribution is 2.21. The maximum Gasteiger partial charge on any atom is 0.0808 e. The predicted octanol–water partition coefficient (Wildman–Crippen LogP) is 1.34. The third-order valence-electron chi connectivity index (χ3n) is 2.36. The summed E-state index contributed by atoms with van der Waals surface area (Å²) in [4.78, 5) is 0. The van der Waals surface area contributed by atoms with E-state index in [1.165, 1.54) is 19.3 Å². The summed E-state index contributed by atoms with van der Waals surface area (Å²) in [5.41, 5.74) is 0. The lowest BCUT2D eigenvalue weighted by atomic mass is 10.1. The van der Waals surface area contributed by atoms with Crippen LogP contribution in [0, 0.1) is 0 Å². The maximum atomic E-state index is 5.60. The summed E-state index contributed by atoms with van der Waals surface area (Å²) in [5, 5.41) is 0. The minimum absolute atomic E-state index is 0.410. The van der Waals surface area contributed by atoms with Gasteiger partial charge in [0, 0.05) is 6.61 Å². The average molecular weight is 142 g/mol. The lowest BCUT2D eigenvalue weighted by Gasteiger charge is -2.13. The van der Waals surface area contributed by atoms with E-state index in [1.807, 2.05) is 0 Å². The van der Waals surface area contributed by atoms with Gasteiger partial charge in [-0.25, -0.2) is 0 Å². The van der Waals surface area contributed by atoms with Crippen molar-refractivity contribution in [3.63, 3.8) is 0 Å². The molecule has 0 aromatic heterocycles. The van der Waals surface area contributed by atoms with Gasteiger partial charge in [0.2, 0.25) is 0 Å². The molecule has 2 bridgehead atoms. The minimum atomic E-state index is 0.410. The van der Waals surface area contributed by atoms with E-state index < -0.39 is 0 Å². The van der Waals surface area contributed by atoms with Crippen molar-refractivity contribution in [1.29, 1.82) is 0 Å². The first-order chi connectivity index (χ1) is 4.95. The van der Waals surface area contributed by atoms with Gasteiger partial charge in [-0.05, 0) is 25.7 Å². The van der Waals surface area contributed by atoms with Crippen molar-refractivity contribution in [1.82, 2.24) is 0 Å². The van der Waals surface area contributed by atoms with E-state index in [2.05, 4.69) is 0 Å². The summed E-state index contributed by atoms with van der Waals surface area (Å²) in [6, 6.07) is 0. The SMILES string of the molecule is C1CC2CCOC(C1)CO2. The van der Waals surface area contributed by atoms with Crippen molar-refractivity contribution in [2.45, 2.75) is 37.9 Å². The van der Waals surface area contributed by atoms with Gasteiger partial charge in [-0.2, -0.15) is 0 Å². The lowest BCUT2D eigenvalue weighted by Crippen LogP contribution is -2.15. The zero-order valence-corrected chi connectivity index (χ0v) is 6.21. The number of hydrogen-bond donors (Lipinski definition) is 0. The van der Waals surface area contributed by atoms with Crippen LogP contribution >= 0.6 is 0 Å². The van der Waals surface area contributed by atoms with Gasteiger partial charge in [-0.3, -0.25) is 0 Å². The molecule has 0 N–H and O–H groups in total. The van der Waals surface area contributed by atoms with Gasteiger partial charge < -0.3 is 9.47 Å². The quantitative estimate of drug-likeness (QED) is 0.508. The molecule has 0 saturated carbocycles. The van der Waals surface area contributed by atoms with Gasteiger partial charge in [0.25, 0.3) is 0 Å². The summed E-state index contributed by atoms with van der Waals surface area (Å²) in [6.45, 7) is 1.75. The first kappa shape index (κ1) is 6.62. The van der Waals surface area contributed by atoms with Crippen molar-refractivity contribution in [3.05, 3.63) is 0 Å². The summed E-state index contributed by atoms with van der Waals surface area (Å²) >= 11 is 0. The van der Waals surface area contributed by atoms with Gasteiger partial charge >= 0.3 is 0 Å². The van der Waals surface area contributed by atoms with Crippen molar-refractivity contribution in [2.24, 2.45) is 0 Å².